The Labute approximate surface area is 99.3 Å². The monoisotopic (exact) mass is 260 g/mol. The van der Waals surface area contributed by atoms with Crippen LogP contribution in [-0.4, -0.2) is 26.2 Å². The molecule has 0 unspecified atom stereocenters. The van der Waals surface area contributed by atoms with Crippen molar-refractivity contribution in [2.45, 2.75) is 24.8 Å². The van der Waals surface area contributed by atoms with Crippen LogP contribution in [0.2, 0.25) is 0 Å². The SMILES string of the molecule is CC(C)OC(=O)CS(=O)(=O)c1cccc(F)c1. The maximum absolute atomic E-state index is 12.9. The predicted molar refractivity (Wildman–Crippen MR) is 59.7 cm³/mol. The lowest BCUT2D eigenvalue weighted by Crippen LogP contribution is -2.21. The van der Waals surface area contributed by atoms with Crippen LogP contribution in [-0.2, 0) is 19.4 Å². The number of hydrogen-bond donors (Lipinski definition) is 0. The average Bonchev–Trinajstić information content (AvgIpc) is 2.15. The molecule has 0 N–H and O–H groups in total. The second-order valence-electron chi connectivity index (χ2n) is 3.76. The highest BCUT2D eigenvalue weighted by atomic mass is 32.2. The van der Waals surface area contributed by atoms with Crippen LogP contribution in [0.4, 0.5) is 4.39 Å². The van der Waals surface area contributed by atoms with Gasteiger partial charge in [-0.2, -0.15) is 0 Å². The molecule has 94 valence electrons. The van der Waals surface area contributed by atoms with Gasteiger partial charge < -0.3 is 4.74 Å². The smallest absolute Gasteiger partial charge is 0.321 e. The van der Waals surface area contributed by atoms with Crippen LogP contribution in [0, 0.1) is 5.82 Å². The number of ether oxygens (including phenoxy) is 1. The predicted octanol–water partition coefficient (Wildman–Crippen LogP) is 1.55. The van der Waals surface area contributed by atoms with Gasteiger partial charge in [0.15, 0.2) is 15.6 Å². The largest absolute Gasteiger partial charge is 0.462 e. The van der Waals surface area contributed by atoms with E-state index in [1.807, 2.05) is 0 Å². The van der Waals surface area contributed by atoms with E-state index >= 15 is 0 Å². The van der Waals surface area contributed by atoms with Gasteiger partial charge in [-0.25, -0.2) is 12.8 Å². The number of carbonyl (C=O) groups is 1. The van der Waals surface area contributed by atoms with E-state index in [1.165, 1.54) is 12.1 Å². The Hall–Kier alpha value is -1.43. The maximum atomic E-state index is 12.9. The van der Waals surface area contributed by atoms with Crippen molar-refractivity contribution in [2.75, 3.05) is 5.75 Å². The molecule has 0 fully saturated rings. The second kappa shape index (κ2) is 5.27. The van der Waals surface area contributed by atoms with Gasteiger partial charge in [-0.05, 0) is 32.0 Å². The van der Waals surface area contributed by atoms with Gasteiger partial charge >= 0.3 is 5.97 Å². The van der Waals surface area contributed by atoms with Crippen LogP contribution >= 0.6 is 0 Å². The lowest BCUT2D eigenvalue weighted by atomic mass is 10.4. The number of halogens is 1. The van der Waals surface area contributed by atoms with Crippen molar-refractivity contribution >= 4 is 15.8 Å². The number of rotatable bonds is 4. The van der Waals surface area contributed by atoms with E-state index in [1.54, 1.807) is 13.8 Å². The Morgan fingerprint density at radius 1 is 1.41 bits per heavy atom. The first-order valence-electron chi connectivity index (χ1n) is 4.99. The van der Waals surface area contributed by atoms with Gasteiger partial charge in [0.2, 0.25) is 0 Å². The molecule has 17 heavy (non-hydrogen) atoms. The van der Waals surface area contributed by atoms with Crippen LogP contribution in [0.3, 0.4) is 0 Å². The summed E-state index contributed by atoms with van der Waals surface area (Å²) in [6.07, 6.45) is -0.384. The molecule has 4 nitrogen and oxygen atoms in total. The van der Waals surface area contributed by atoms with Gasteiger partial charge in [0.05, 0.1) is 11.0 Å². The zero-order valence-corrected chi connectivity index (χ0v) is 10.3. The van der Waals surface area contributed by atoms with Gasteiger partial charge in [-0.15, -0.1) is 0 Å². The topological polar surface area (TPSA) is 60.4 Å². The van der Waals surface area contributed by atoms with Crippen LogP contribution in [0.1, 0.15) is 13.8 Å². The molecule has 0 heterocycles. The molecule has 0 radical (unpaired) electrons. The average molecular weight is 260 g/mol. The molecular weight excluding hydrogens is 247 g/mol. The summed E-state index contributed by atoms with van der Waals surface area (Å²) >= 11 is 0. The molecule has 0 aromatic heterocycles. The quantitative estimate of drug-likeness (QED) is 0.771. The van der Waals surface area contributed by atoms with E-state index < -0.39 is 27.4 Å². The Morgan fingerprint density at radius 2 is 2.06 bits per heavy atom. The van der Waals surface area contributed by atoms with Gasteiger partial charge in [-0.1, -0.05) is 6.07 Å². The van der Waals surface area contributed by atoms with Crippen molar-refractivity contribution in [1.29, 1.82) is 0 Å². The highest BCUT2D eigenvalue weighted by molar-refractivity contribution is 7.92. The molecule has 6 heteroatoms. The van der Waals surface area contributed by atoms with Crippen molar-refractivity contribution in [3.63, 3.8) is 0 Å². The third kappa shape index (κ3) is 4.14. The first kappa shape index (κ1) is 13.6. The summed E-state index contributed by atoms with van der Waals surface area (Å²) in [4.78, 5) is 11.0. The number of sulfone groups is 1. The van der Waals surface area contributed by atoms with Crippen molar-refractivity contribution in [3.05, 3.63) is 30.1 Å². The lowest BCUT2D eigenvalue weighted by Gasteiger charge is -2.08. The van der Waals surface area contributed by atoms with E-state index in [0.29, 0.717) is 0 Å². The fourth-order valence-electron chi connectivity index (χ4n) is 1.20. The third-order valence-electron chi connectivity index (χ3n) is 1.83. The minimum atomic E-state index is -3.84. The van der Waals surface area contributed by atoms with E-state index in [4.69, 9.17) is 4.74 Å². The number of carbonyl (C=O) groups excluding carboxylic acids is 1. The first-order valence-corrected chi connectivity index (χ1v) is 6.64. The van der Waals surface area contributed by atoms with Crippen molar-refractivity contribution < 1.29 is 22.3 Å². The van der Waals surface area contributed by atoms with Crippen molar-refractivity contribution in [2.24, 2.45) is 0 Å². The molecule has 1 aromatic rings. The molecule has 0 spiro atoms. The normalized spacial score (nSPS) is 11.5. The fraction of sp³-hybridized carbons (Fsp3) is 0.364. The molecular formula is C11H13FO4S. The van der Waals surface area contributed by atoms with Crippen LogP contribution in [0.15, 0.2) is 29.2 Å². The first-order chi connectivity index (χ1) is 7.81. The Morgan fingerprint density at radius 3 is 2.59 bits per heavy atom. The summed E-state index contributed by atoms with van der Waals surface area (Å²) in [5.41, 5.74) is 0. The molecule has 1 rings (SSSR count). The summed E-state index contributed by atoms with van der Waals surface area (Å²) in [6, 6.07) is 4.51. The Kier molecular flexibility index (Phi) is 4.22. The van der Waals surface area contributed by atoms with Crippen molar-refractivity contribution in [3.8, 4) is 0 Å². The van der Waals surface area contributed by atoms with Gasteiger partial charge in [0, 0.05) is 0 Å². The minimum absolute atomic E-state index is 0.224. The maximum Gasteiger partial charge on any atom is 0.321 e. The highest BCUT2D eigenvalue weighted by Gasteiger charge is 2.21. The third-order valence-corrected chi connectivity index (χ3v) is 3.42. The number of esters is 1. The van der Waals surface area contributed by atoms with E-state index in [9.17, 15) is 17.6 Å². The standard InChI is InChI=1S/C11H13FO4S/c1-8(2)16-11(13)7-17(14,15)10-5-3-4-9(12)6-10/h3-6,8H,7H2,1-2H3. The van der Waals surface area contributed by atoms with Gasteiger partial charge in [-0.3, -0.25) is 4.79 Å². The fourth-order valence-corrected chi connectivity index (χ4v) is 2.32. The molecule has 0 aliphatic rings. The van der Waals surface area contributed by atoms with E-state index in [2.05, 4.69) is 0 Å². The van der Waals surface area contributed by atoms with Gasteiger partial charge in [0.1, 0.15) is 5.82 Å². The zero-order chi connectivity index (χ0) is 13.1. The summed E-state index contributed by atoms with van der Waals surface area (Å²) in [7, 11) is -3.84. The number of hydrogen-bond acceptors (Lipinski definition) is 4. The highest BCUT2D eigenvalue weighted by Crippen LogP contribution is 2.13. The van der Waals surface area contributed by atoms with E-state index in [0.717, 1.165) is 12.1 Å². The van der Waals surface area contributed by atoms with Crippen LogP contribution in [0.5, 0.6) is 0 Å². The molecule has 1 aromatic carbocycles. The number of benzene rings is 1. The molecule has 0 saturated heterocycles. The van der Waals surface area contributed by atoms with Gasteiger partial charge in [0.25, 0.3) is 0 Å². The van der Waals surface area contributed by atoms with Crippen LogP contribution < -0.4 is 0 Å². The summed E-state index contributed by atoms with van der Waals surface area (Å²) in [5.74, 6) is -2.29. The Bertz CT molecular complexity index is 508. The molecule has 0 aliphatic heterocycles. The molecule has 0 saturated carbocycles. The van der Waals surface area contributed by atoms with E-state index in [-0.39, 0.29) is 11.0 Å². The second-order valence-corrected chi connectivity index (χ2v) is 5.74. The summed E-state index contributed by atoms with van der Waals surface area (Å²) in [6.45, 7) is 3.24. The zero-order valence-electron chi connectivity index (χ0n) is 9.51. The molecule has 0 aliphatic carbocycles. The Balaban J connectivity index is 2.86. The van der Waals surface area contributed by atoms with Crippen molar-refractivity contribution in [1.82, 2.24) is 0 Å². The molecule has 0 atom stereocenters. The molecule has 0 amide bonds. The summed E-state index contributed by atoms with van der Waals surface area (Å²) < 4.78 is 41.0. The molecule has 0 bridgehead atoms. The van der Waals surface area contributed by atoms with Crippen LogP contribution in [0.25, 0.3) is 0 Å². The minimum Gasteiger partial charge on any atom is -0.462 e. The summed E-state index contributed by atoms with van der Waals surface area (Å²) in [5, 5.41) is 0. The lowest BCUT2D eigenvalue weighted by molar-refractivity contribution is -0.144.